The van der Waals surface area contributed by atoms with Gasteiger partial charge in [-0.2, -0.15) is 4.98 Å². The Bertz CT molecular complexity index is 611. The van der Waals surface area contributed by atoms with E-state index in [0.29, 0.717) is 17.9 Å². The van der Waals surface area contributed by atoms with Gasteiger partial charge in [-0.05, 0) is 50.6 Å². The van der Waals surface area contributed by atoms with Crippen molar-refractivity contribution in [2.24, 2.45) is 11.8 Å². The van der Waals surface area contributed by atoms with E-state index in [4.69, 9.17) is 9.26 Å². The third-order valence-corrected chi connectivity index (χ3v) is 6.02. The second-order valence-electron chi connectivity index (χ2n) is 8.75. The fourth-order valence-electron chi connectivity index (χ4n) is 4.63. The van der Waals surface area contributed by atoms with Crippen molar-refractivity contribution in [3.8, 4) is 0 Å². The van der Waals surface area contributed by atoms with E-state index in [1.807, 2.05) is 0 Å². The smallest absolute Gasteiger partial charge is 0.248 e. The summed E-state index contributed by atoms with van der Waals surface area (Å²) in [5.74, 6) is 2.80. The van der Waals surface area contributed by atoms with Gasteiger partial charge in [-0.1, -0.05) is 31.8 Å². The highest BCUT2D eigenvalue weighted by Crippen LogP contribution is 2.30. The molecule has 0 aliphatic carbocycles. The second kappa shape index (κ2) is 10.3. The van der Waals surface area contributed by atoms with Crippen LogP contribution >= 0.6 is 0 Å². The van der Waals surface area contributed by atoms with Crippen LogP contribution in [-0.2, 0) is 22.5 Å². The SMILES string of the molecule is COCC(=O)N1CCCCCC1C1CCN(Cc2nc(CC(C)C)no2)CC1. The molecule has 2 fully saturated rings. The van der Waals surface area contributed by atoms with E-state index >= 15 is 0 Å². The van der Waals surface area contributed by atoms with Crippen molar-refractivity contribution in [3.05, 3.63) is 11.7 Å². The quantitative estimate of drug-likeness (QED) is 0.710. The molecule has 2 aliphatic heterocycles. The van der Waals surface area contributed by atoms with Crippen molar-refractivity contribution in [2.75, 3.05) is 33.4 Å². The lowest BCUT2D eigenvalue weighted by atomic mass is 9.86. The number of amides is 1. The van der Waals surface area contributed by atoms with Gasteiger partial charge in [-0.15, -0.1) is 0 Å². The van der Waals surface area contributed by atoms with Gasteiger partial charge in [0.1, 0.15) is 6.61 Å². The molecule has 1 aromatic rings. The summed E-state index contributed by atoms with van der Waals surface area (Å²) in [6.07, 6.45) is 7.79. The second-order valence-corrected chi connectivity index (χ2v) is 8.75. The van der Waals surface area contributed by atoms with E-state index in [1.54, 1.807) is 7.11 Å². The van der Waals surface area contributed by atoms with Crippen LogP contribution in [0.5, 0.6) is 0 Å². The maximum atomic E-state index is 12.6. The maximum Gasteiger partial charge on any atom is 0.248 e. The lowest BCUT2D eigenvalue weighted by molar-refractivity contribution is -0.139. The summed E-state index contributed by atoms with van der Waals surface area (Å²) in [7, 11) is 1.60. The summed E-state index contributed by atoms with van der Waals surface area (Å²) < 4.78 is 10.6. The first-order valence-corrected chi connectivity index (χ1v) is 10.9. The Morgan fingerprint density at radius 3 is 2.68 bits per heavy atom. The van der Waals surface area contributed by atoms with Gasteiger partial charge in [-0.25, -0.2) is 0 Å². The molecule has 28 heavy (non-hydrogen) atoms. The van der Waals surface area contributed by atoms with Crippen LogP contribution in [0.25, 0.3) is 0 Å². The highest BCUT2D eigenvalue weighted by atomic mass is 16.5. The minimum Gasteiger partial charge on any atom is -0.375 e. The van der Waals surface area contributed by atoms with E-state index in [-0.39, 0.29) is 12.5 Å². The van der Waals surface area contributed by atoms with Crippen molar-refractivity contribution in [1.82, 2.24) is 19.9 Å². The highest BCUT2D eigenvalue weighted by Gasteiger charge is 2.34. The average molecular weight is 393 g/mol. The Morgan fingerprint density at radius 2 is 1.96 bits per heavy atom. The van der Waals surface area contributed by atoms with Crippen molar-refractivity contribution in [1.29, 1.82) is 0 Å². The number of carbonyl (C=O) groups excluding carboxylic acids is 1. The molecule has 7 heteroatoms. The van der Waals surface area contributed by atoms with Gasteiger partial charge in [0.15, 0.2) is 5.82 Å². The molecular weight excluding hydrogens is 356 g/mol. The summed E-state index contributed by atoms with van der Waals surface area (Å²) >= 11 is 0. The van der Waals surface area contributed by atoms with Crippen LogP contribution in [0.4, 0.5) is 0 Å². The van der Waals surface area contributed by atoms with Gasteiger partial charge >= 0.3 is 0 Å². The van der Waals surface area contributed by atoms with Crippen molar-refractivity contribution >= 4 is 5.91 Å². The molecule has 3 rings (SSSR count). The maximum absolute atomic E-state index is 12.6. The molecule has 1 aromatic heterocycles. The van der Waals surface area contributed by atoms with Crippen molar-refractivity contribution in [2.45, 2.75) is 71.4 Å². The van der Waals surface area contributed by atoms with Crippen LogP contribution < -0.4 is 0 Å². The van der Waals surface area contributed by atoms with Crippen LogP contribution in [0.1, 0.15) is 64.1 Å². The van der Waals surface area contributed by atoms with Gasteiger partial charge in [0.25, 0.3) is 0 Å². The Hall–Kier alpha value is -1.47. The minimum atomic E-state index is 0.153. The lowest BCUT2D eigenvalue weighted by Crippen LogP contribution is -2.48. The predicted molar refractivity (Wildman–Crippen MR) is 107 cm³/mol. The first-order chi connectivity index (χ1) is 13.6. The highest BCUT2D eigenvalue weighted by molar-refractivity contribution is 5.77. The van der Waals surface area contributed by atoms with Gasteiger partial charge in [-0.3, -0.25) is 9.69 Å². The number of ether oxygens (including phenoxy) is 1. The Balaban J connectivity index is 1.53. The zero-order valence-corrected chi connectivity index (χ0v) is 17.7. The topological polar surface area (TPSA) is 71.7 Å². The summed E-state index contributed by atoms with van der Waals surface area (Å²) in [6.45, 7) is 8.18. The number of aromatic nitrogens is 2. The number of hydrogen-bond acceptors (Lipinski definition) is 6. The Kier molecular flexibility index (Phi) is 7.85. The molecule has 1 atom stereocenters. The minimum absolute atomic E-state index is 0.153. The van der Waals surface area contributed by atoms with Gasteiger partial charge < -0.3 is 14.2 Å². The lowest BCUT2D eigenvalue weighted by Gasteiger charge is -2.40. The molecule has 2 aliphatic rings. The van der Waals surface area contributed by atoms with E-state index in [1.165, 1.54) is 12.8 Å². The van der Waals surface area contributed by atoms with E-state index in [9.17, 15) is 4.79 Å². The Morgan fingerprint density at radius 1 is 1.18 bits per heavy atom. The molecule has 2 saturated heterocycles. The summed E-state index contributed by atoms with van der Waals surface area (Å²) in [6, 6.07) is 0.369. The van der Waals surface area contributed by atoms with Gasteiger partial charge in [0.2, 0.25) is 11.8 Å². The number of rotatable bonds is 7. The molecule has 7 nitrogen and oxygen atoms in total. The molecule has 1 amide bonds. The molecule has 0 saturated carbocycles. The van der Waals surface area contributed by atoms with Crippen LogP contribution in [0, 0.1) is 11.8 Å². The summed E-state index contributed by atoms with van der Waals surface area (Å²) in [5, 5.41) is 4.10. The average Bonchev–Trinajstić information content (AvgIpc) is 2.95. The van der Waals surface area contributed by atoms with E-state index in [2.05, 4.69) is 33.8 Å². The number of piperidine rings is 1. The number of likely N-dealkylation sites (tertiary alicyclic amines) is 2. The van der Waals surface area contributed by atoms with Gasteiger partial charge in [0, 0.05) is 26.1 Å². The van der Waals surface area contributed by atoms with Crippen LogP contribution in [0.3, 0.4) is 0 Å². The molecular formula is C21H36N4O3. The predicted octanol–water partition coefficient (Wildman–Crippen LogP) is 2.90. The van der Waals surface area contributed by atoms with Crippen LogP contribution in [0.2, 0.25) is 0 Å². The molecule has 0 bridgehead atoms. The van der Waals surface area contributed by atoms with Crippen molar-refractivity contribution in [3.63, 3.8) is 0 Å². The summed E-state index contributed by atoms with van der Waals surface area (Å²) in [5.41, 5.74) is 0. The largest absolute Gasteiger partial charge is 0.375 e. The molecule has 1 unspecified atom stereocenters. The monoisotopic (exact) mass is 392 g/mol. The third-order valence-electron chi connectivity index (χ3n) is 6.02. The Labute approximate surface area is 168 Å². The summed E-state index contributed by atoms with van der Waals surface area (Å²) in [4.78, 5) is 21.6. The first kappa shape index (κ1) is 21.2. The fraction of sp³-hybridized carbons (Fsp3) is 0.857. The molecule has 0 aromatic carbocycles. The molecule has 0 N–H and O–H groups in total. The van der Waals surface area contributed by atoms with Crippen LogP contribution in [-0.4, -0.2) is 65.2 Å². The third kappa shape index (κ3) is 5.77. The standard InChI is InChI=1S/C21H36N4O3/c1-16(2)13-19-22-20(28-23-19)14-24-11-8-17(9-12-24)18-7-5-4-6-10-25(18)21(26)15-27-3/h16-18H,4-15H2,1-3H3. The number of carbonyl (C=O) groups is 1. The zero-order chi connectivity index (χ0) is 19.9. The number of nitrogens with zero attached hydrogens (tertiary/aromatic N) is 4. The zero-order valence-electron chi connectivity index (χ0n) is 17.7. The van der Waals surface area contributed by atoms with Crippen LogP contribution in [0.15, 0.2) is 4.52 Å². The fourth-order valence-corrected chi connectivity index (χ4v) is 4.63. The molecule has 158 valence electrons. The molecule has 0 radical (unpaired) electrons. The van der Waals surface area contributed by atoms with E-state index in [0.717, 1.165) is 70.0 Å². The molecule has 0 spiro atoms. The van der Waals surface area contributed by atoms with Gasteiger partial charge in [0.05, 0.1) is 6.54 Å². The molecule has 3 heterocycles. The normalized spacial score (nSPS) is 22.6. The number of hydrogen-bond donors (Lipinski definition) is 0. The van der Waals surface area contributed by atoms with E-state index < -0.39 is 0 Å². The number of methoxy groups -OCH3 is 1. The first-order valence-electron chi connectivity index (χ1n) is 10.9. The van der Waals surface area contributed by atoms with Crippen molar-refractivity contribution < 1.29 is 14.1 Å².